The van der Waals surface area contributed by atoms with Gasteiger partial charge in [-0.15, -0.1) is 0 Å². The third-order valence-corrected chi connectivity index (χ3v) is 4.85. The minimum Gasteiger partial charge on any atom is -0.336 e. The van der Waals surface area contributed by atoms with Crippen LogP contribution in [0.15, 0.2) is 48.5 Å². The summed E-state index contributed by atoms with van der Waals surface area (Å²) in [6.45, 7) is 8.94. The summed E-state index contributed by atoms with van der Waals surface area (Å²) in [6.07, 6.45) is 0. The van der Waals surface area contributed by atoms with Crippen molar-refractivity contribution in [1.29, 1.82) is 0 Å². The van der Waals surface area contributed by atoms with Crippen molar-refractivity contribution in [2.24, 2.45) is 5.92 Å². The van der Waals surface area contributed by atoms with Crippen LogP contribution in [0.5, 0.6) is 0 Å². The maximum Gasteiger partial charge on any atom is 0.261 e. The van der Waals surface area contributed by atoms with Gasteiger partial charge >= 0.3 is 0 Å². The highest BCUT2D eigenvalue weighted by molar-refractivity contribution is 6.22. The van der Waals surface area contributed by atoms with Gasteiger partial charge in [0.1, 0.15) is 0 Å². The molecule has 0 atom stereocenters. The van der Waals surface area contributed by atoms with Gasteiger partial charge in [-0.2, -0.15) is 0 Å². The number of carbonyl (C=O) groups is 3. The van der Waals surface area contributed by atoms with E-state index in [2.05, 4.69) is 13.8 Å². The van der Waals surface area contributed by atoms with E-state index >= 15 is 0 Å². The molecule has 0 radical (unpaired) electrons. The molecule has 0 saturated heterocycles. The summed E-state index contributed by atoms with van der Waals surface area (Å²) in [5.41, 5.74) is 1.99. The standard InChI is InChI=1S/C23H26N2O3/c1-15(2)13-24(16(3)4)21(26)18-10-11-19-20(12-18)23(28)25(22(19)27)14-17-8-6-5-7-9-17/h5-12,15-16H,13-14H2,1-4H3. The van der Waals surface area contributed by atoms with Crippen LogP contribution in [-0.4, -0.2) is 40.1 Å². The zero-order valence-electron chi connectivity index (χ0n) is 16.8. The third kappa shape index (κ3) is 3.84. The Bertz CT molecular complexity index is 903. The van der Waals surface area contributed by atoms with E-state index in [-0.39, 0.29) is 30.3 Å². The minimum atomic E-state index is -0.349. The number of carbonyl (C=O) groups excluding carboxylic acids is 3. The van der Waals surface area contributed by atoms with E-state index in [4.69, 9.17) is 0 Å². The number of fused-ring (bicyclic) bond motifs is 1. The lowest BCUT2D eigenvalue weighted by Gasteiger charge is -2.28. The van der Waals surface area contributed by atoms with E-state index < -0.39 is 0 Å². The molecule has 0 bridgehead atoms. The Kier molecular flexibility index (Phi) is 5.63. The van der Waals surface area contributed by atoms with Gasteiger partial charge in [0.25, 0.3) is 17.7 Å². The Morgan fingerprint density at radius 2 is 1.57 bits per heavy atom. The Morgan fingerprint density at radius 1 is 0.929 bits per heavy atom. The van der Waals surface area contributed by atoms with Gasteiger partial charge in [-0.1, -0.05) is 44.2 Å². The van der Waals surface area contributed by atoms with Crippen molar-refractivity contribution in [1.82, 2.24) is 9.80 Å². The number of imide groups is 1. The van der Waals surface area contributed by atoms with Crippen LogP contribution in [0.2, 0.25) is 0 Å². The first-order chi connectivity index (χ1) is 13.3. The molecule has 5 heteroatoms. The largest absolute Gasteiger partial charge is 0.336 e. The lowest BCUT2D eigenvalue weighted by molar-refractivity contribution is 0.0641. The number of amides is 3. The molecule has 0 saturated carbocycles. The van der Waals surface area contributed by atoms with Crippen molar-refractivity contribution in [2.45, 2.75) is 40.3 Å². The number of hydrogen-bond donors (Lipinski definition) is 0. The molecule has 3 rings (SSSR count). The van der Waals surface area contributed by atoms with Crippen molar-refractivity contribution < 1.29 is 14.4 Å². The molecular formula is C23H26N2O3. The van der Waals surface area contributed by atoms with Gasteiger partial charge in [0, 0.05) is 18.2 Å². The Morgan fingerprint density at radius 3 is 2.18 bits per heavy atom. The number of benzene rings is 2. The van der Waals surface area contributed by atoms with Crippen LogP contribution in [0.4, 0.5) is 0 Å². The van der Waals surface area contributed by atoms with Crippen molar-refractivity contribution >= 4 is 17.7 Å². The van der Waals surface area contributed by atoms with E-state index in [1.165, 1.54) is 4.90 Å². The molecule has 0 spiro atoms. The van der Waals surface area contributed by atoms with Crippen LogP contribution in [0, 0.1) is 5.92 Å². The topological polar surface area (TPSA) is 57.7 Å². The highest BCUT2D eigenvalue weighted by Gasteiger charge is 2.36. The van der Waals surface area contributed by atoms with Gasteiger partial charge in [-0.05, 0) is 43.5 Å². The fraction of sp³-hybridized carbons (Fsp3) is 0.348. The summed E-state index contributed by atoms with van der Waals surface area (Å²) in [6, 6.07) is 14.3. The molecule has 1 aliphatic heterocycles. The molecule has 1 heterocycles. The van der Waals surface area contributed by atoms with Gasteiger partial charge in [0.05, 0.1) is 17.7 Å². The SMILES string of the molecule is CC(C)CN(C(=O)c1ccc2c(c1)C(=O)N(Cc1ccccc1)C2=O)C(C)C. The summed E-state index contributed by atoms with van der Waals surface area (Å²) in [7, 11) is 0. The summed E-state index contributed by atoms with van der Waals surface area (Å²) in [4.78, 5) is 41.6. The average Bonchev–Trinajstić information content (AvgIpc) is 2.90. The van der Waals surface area contributed by atoms with Crippen LogP contribution >= 0.6 is 0 Å². The second kappa shape index (κ2) is 7.97. The van der Waals surface area contributed by atoms with Crippen molar-refractivity contribution in [2.75, 3.05) is 6.54 Å². The summed E-state index contributed by atoms with van der Waals surface area (Å²) in [5, 5.41) is 0. The van der Waals surface area contributed by atoms with E-state index in [0.29, 0.717) is 29.2 Å². The number of rotatable bonds is 6. The van der Waals surface area contributed by atoms with E-state index in [1.807, 2.05) is 44.2 Å². The fourth-order valence-corrected chi connectivity index (χ4v) is 3.42. The molecular weight excluding hydrogens is 352 g/mol. The van der Waals surface area contributed by atoms with Crippen LogP contribution in [-0.2, 0) is 6.54 Å². The molecule has 5 nitrogen and oxygen atoms in total. The Labute approximate surface area is 166 Å². The third-order valence-electron chi connectivity index (χ3n) is 4.85. The van der Waals surface area contributed by atoms with Gasteiger partial charge < -0.3 is 4.90 Å². The van der Waals surface area contributed by atoms with E-state index in [9.17, 15) is 14.4 Å². The molecule has 0 unspecified atom stereocenters. The Balaban J connectivity index is 1.87. The first kappa shape index (κ1) is 19.8. The average molecular weight is 378 g/mol. The number of nitrogens with zero attached hydrogens (tertiary/aromatic N) is 2. The van der Waals surface area contributed by atoms with Crippen LogP contribution in [0.3, 0.4) is 0 Å². The minimum absolute atomic E-state index is 0.0510. The van der Waals surface area contributed by atoms with Crippen molar-refractivity contribution in [3.8, 4) is 0 Å². The van der Waals surface area contributed by atoms with Gasteiger partial charge in [-0.25, -0.2) is 0 Å². The molecule has 28 heavy (non-hydrogen) atoms. The zero-order valence-corrected chi connectivity index (χ0v) is 16.8. The normalized spacial score (nSPS) is 13.4. The quantitative estimate of drug-likeness (QED) is 0.714. The predicted molar refractivity (Wildman–Crippen MR) is 108 cm³/mol. The lowest BCUT2D eigenvalue weighted by Crippen LogP contribution is -2.39. The predicted octanol–water partition coefficient (Wildman–Crippen LogP) is 3.99. The molecule has 0 aliphatic carbocycles. The maximum absolute atomic E-state index is 13.0. The van der Waals surface area contributed by atoms with Crippen LogP contribution < -0.4 is 0 Å². The molecule has 2 aromatic carbocycles. The van der Waals surface area contributed by atoms with Gasteiger partial charge in [-0.3, -0.25) is 19.3 Å². The molecule has 3 amide bonds. The van der Waals surface area contributed by atoms with Crippen LogP contribution in [0.25, 0.3) is 0 Å². The van der Waals surface area contributed by atoms with E-state index in [0.717, 1.165) is 5.56 Å². The zero-order chi connectivity index (χ0) is 20.4. The Hall–Kier alpha value is -2.95. The lowest BCUT2D eigenvalue weighted by atomic mass is 10.0. The van der Waals surface area contributed by atoms with E-state index in [1.54, 1.807) is 23.1 Å². The van der Waals surface area contributed by atoms with Gasteiger partial charge in [0.15, 0.2) is 0 Å². The van der Waals surface area contributed by atoms with Crippen molar-refractivity contribution in [3.05, 3.63) is 70.8 Å². The molecule has 146 valence electrons. The first-order valence-corrected chi connectivity index (χ1v) is 9.64. The monoisotopic (exact) mass is 378 g/mol. The highest BCUT2D eigenvalue weighted by Crippen LogP contribution is 2.26. The van der Waals surface area contributed by atoms with Gasteiger partial charge in [0.2, 0.25) is 0 Å². The summed E-state index contributed by atoms with van der Waals surface area (Å²) in [5.74, 6) is -0.442. The van der Waals surface area contributed by atoms with Crippen molar-refractivity contribution in [3.63, 3.8) is 0 Å². The second-order valence-electron chi connectivity index (χ2n) is 7.89. The molecule has 0 aromatic heterocycles. The molecule has 2 aromatic rings. The maximum atomic E-state index is 13.0. The first-order valence-electron chi connectivity index (χ1n) is 9.64. The second-order valence-corrected chi connectivity index (χ2v) is 7.89. The highest BCUT2D eigenvalue weighted by atomic mass is 16.2. The smallest absolute Gasteiger partial charge is 0.261 e. The summed E-state index contributed by atoms with van der Waals surface area (Å²) < 4.78 is 0. The molecule has 1 aliphatic rings. The fourth-order valence-electron chi connectivity index (χ4n) is 3.42. The number of hydrogen-bond acceptors (Lipinski definition) is 3. The van der Waals surface area contributed by atoms with Crippen LogP contribution in [0.1, 0.15) is 64.3 Å². The summed E-state index contributed by atoms with van der Waals surface area (Å²) >= 11 is 0. The molecule has 0 N–H and O–H groups in total. The molecule has 0 fully saturated rings.